The maximum Gasteiger partial charge on any atom is 0.216 e. The topological polar surface area (TPSA) is 39.9 Å². The van der Waals surface area contributed by atoms with E-state index in [9.17, 15) is 0 Å². The molecule has 3 rings (SSSR count). The Morgan fingerprint density at radius 2 is 1.79 bits per heavy atom. The van der Waals surface area contributed by atoms with Crippen LogP contribution in [0.25, 0.3) is 23.0 Å². The van der Waals surface area contributed by atoms with Crippen LogP contribution in [0.15, 0.2) is 66.2 Å². The molecule has 0 saturated heterocycles. The molecule has 3 aromatic rings. The summed E-state index contributed by atoms with van der Waals surface area (Å²) in [4.78, 5) is 0. The molecule has 4 heteroatoms. The van der Waals surface area contributed by atoms with Crippen molar-refractivity contribution in [1.29, 1.82) is 0 Å². The summed E-state index contributed by atoms with van der Waals surface area (Å²) in [6.07, 6.45) is 5.11. The van der Waals surface area contributed by atoms with Gasteiger partial charge in [0, 0.05) is 6.08 Å². The molecule has 1 aromatic heterocycles. The van der Waals surface area contributed by atoms with Gasteiger partial charge in [0.15, 0.2) is 0 Å². The minimum absolute atomic E-state index is 0.572. The van der Waals surface area contributed by atoms with Crippen molar-refractivity contribution < 1.29 is 4.74 Å². The van der Waals surface area contributed by atoms with Gasteiger partial charge in [-0.1, -0.05) is 60.7 Å². The number of para-hydroxylation sites is 1. The predicted molar refractivity (Wildman–Crippen MR) is 98.1 cm³/mol. The zero-order valence-corrected chi connectivity index (χ0v) is 14.0. The number of fused-ring (bicyclic) bond motifs is 1. The molecule has 0 radical (unpaired) electrons. The van der Waals surface area contributed by atoms with E-state index < -0.39 is 0 Å². The molecule has 0 aliphatic heterocycles. The van der Waals surface area contributed by atoms with E-state index in [0.29, 0.717) is 12.5 Å². The fourth-order valence-electron chi connectivity index (χ4n) is 2.51. The lowest BCUT2D eigenvalue weighted by Crippen LogP contribution is -2.04. The van der Waals surface area contributed by atoms with E-state index >= 15 is 0 Å². The maximum absolute atomic E-state index is 5.85. The molecule has 0 aliphatic rings. The second-order valence-electron chi connectivity index (χ2n) is 5.39. The molecule has 0 amide bonds. The van der Waals surface area contributed by atoms with Crippen LogP contribution in [0, 0.1) is 0 Å². The van der Waals surface area contributed by atoms with Crippen LogP contribution in [0.2, 0.25) is 0 Å². The van der Waals surface area contributed by atoms with Gasteiger partial charge in [-0.25, -0.2) is 0 Å². The number of ether oxygens (including phenoxy) is 1. The minimum Gasteiger partial charge on any atom is -0.478 e. The zero-order chi connectivity index (χ0) is 16.8. The number of allylic oxidation sites excluding steroid dienone is 2. The highest BCUT2D eigenvalue weighted by molar-refractivity contribution is 5.77. The lowest BCUT2D eigenvalue weighted by atomic mass is 10.1. The summed E-state index contributed by atoms with van der Waals surface area (Å²) in [5, 5.41) is 8.47. The highest BCUT2D eigenvalue weighted by Crippen LogP contribution is 2.19. The first-order chi connectivity index (χ1) is 11.8. The normalized spacial score (nSPS) is 12.6. The van der Waals surface area contributed by atoms with Crippen molar-refractivity contribution in [3.05, 3.63) is 71.8 Å². The molecule has 0 aliphatic carbocycles. The molecule has 0 saturated carbocycles. The van der Waals surface area contributed by atoms with Gasteiger partial charge < -0.3 is 4.74 Å². The molecule has 2 aromatic carbocycles. The second kappa shape index (κ2) is 7.59. The van der Waals surface area contributed by atoms with Crippen LogP contribution >= 0.6 is 0 Å². The summed E-state index contributed by atoms with van der Waals surface area (Å²) in [6, 6.07) is 18.2. The third-order valence-corrected chi connectivity index (χ3v) is 3.72. The molecule has 24 heavy (non-hydrogen) atoms. The molecule has 0 spiro atoms. The largest absolute Gasteiger partial charge is 0.478 e. The van der Waals surface area contributed by atoms with Gasteiger partial charge in [0.1, 0.15) is 5.52 Å². The number of hydrogen-bond donors (Lipinski definition) is 0. The highest BCUT2D eigenvalue weighted by Gasteiger charge is 2.09. The summed E-state index contributed by atoms with van der Waals surface area (Å²) in [5.74, 6) is 0.690. The van der Waals surface area contributed by atoms with Crippen molar-refractivity contribution in [3.63, 3.8) is 0 Å². The molecular formula is C20H21N3O. The molecule has 1 heterocycles. The van der Waals surface area contributed by atoms with Crippen LogP contribution in [-0.2, 0) is 4.74 Å². The summed E-state index contributed by atoms with van der Waals surface area (Å²) < 4.78 is 7.60. The van der Waals surface area contributed by atoms with Crippen molar-refractivity contribution in [3.8, 4) is 0 Å². The number of aromatic nitrogens is 3. The Morgan fingerprint density at radius 3 is 2.54 bits per heavy atom. The van der Waals surface area contributed by atoms with E-state index in [0.717, 1.165) is 17.5 Å². The smallest absolute Gasteiger partial charge is 0.216 e. The Kier molecular flexibility index (Phi) is 5.06. The monoisotopic (exact) mass is 319 g/mol. The van der Waals surface area contributed by atoms with Gasteiger partial charge in [-0.3, -0.25) is 0 Å². The molecule has 0 bridgehead atoms. The molecule has 0 atom stereocenters. The van der Waals surface area contributed by atoms with Crippen LogP contribution in [0.4, 0.5) is 0 Å². The van der Waals surface area contributed by atoms with Gasteiger partial charge >= 0.3 is 0 Å². The van der Waals surface area contributed by atoms with Crippen molar-refractivity contribution in [2.75, 3.05) is 6.61 Å². The minimum atomic E-state index is 0.572. The Labute approximate surface area is 142 Å². The quantitative estimate of drug-likeness (QED) is 0.486. The molecular weight excluding hydrogens is 298 g/mol. The van der Waals surface area contributed by atoms with Crippen molar-refractivity contribution in [2.24, 2.45) is 0 Å². The maximum atomic E-state index is 5.85. The lowest BCUT2D eigenvalue weighted by molar-refractivity contribution is 0.272. The van der Waals surface area contributed by atoms with Crippen LogP contribution in [0.1, 0.15) is 25.8 Å². The Morgan fingerprint density at radius 1 is 1.04 bits per heavy atom. The second-order valence-corrected chi connectivity index (χ2v) is 5.39. The van der Waals surface area contributed by atoms with E-state index in [1.807, 2.05) is 55.5 Å². The van der Waals surface area contributed by atoms with Gasteiger partial charge in [-0.2, -0.15) is 4.68 Å². The van der Waals surface area contributed by atoms with E-state index in [-0.39, 0.29) is 0 Å². The Hall–Kier alpha value is -2.88. The van der Waals surface area contributed by atoms with Gasteiger partial charge in [-0.15, -0.1) is 5.10 Å². The van der Waals surface area contributed by atoms with Gasteiger partial charge in [0.25, 0.3) is 0 Å². The average Bonchev–Trinajstić information content (AvgIpc) is 3.05. The number of rotatable bonds is 6. The van der Waals surface area contributed by atoms with Crippen molar-refractivity contribution in [1.82, 2.24) is 15.0 Å². The van der Waals surface area contributed by atoms with Gasteiger partial charge in [-0.05, 0) is 36.6 Å². The van der Waals surface area contributed by atoms with E-state index in [1.165, 1.54) is 11.1 Å². The summed E-state index contributed by atoms with van der Waals surface area (Å²) in [6.45, 7) is 4.68. The van der Waals surface area contributed by atoms with Gasteiger partial charge in [0.2, 0.25) is 5.88 Å². The molecule has 4 nitrogen and oxygen atoms in total. The lowest BCUT2D eigenvalue weighted by Gasteiger charge is -2.10. The predicted octanol–water partition coefficient (Wildman–Crippen LogP) is 4.76. The fourth-order valence-corrected chi connectivity index (χ4v) is 2.51. The summed E-state index contributed by atoms with van der Waals surface area (Å²) in [7, 11) is 0. The first-order valence-corrected chi connectivity index (χ1v) is 8.22. The molecule has 0 unspecified atom stereocenters. The number of nitrogens with zero attached hydrogens (tertiary/aromatic N) is 3. The fraction of sp³-hybridized carbons (Fsp3) is 0.200. The van der Waals surface area contributed by atoms with Crippen LogP contribution in [0.5, 0.6) is 0 Å². The Bertz CT molecular complexity index is 863. The summed E-state index contributed by atoms with van der Waals surface area (Å²) >= 11 is 0. The first kappa shape index (κ1) is 16.0. The number of hydrogen-bond acceptors (Lipinski definition) is 3. The number of benzene rings is 2. The van der Waals surface area contributed by atoms with Crippen LogP contribution in [-0.4, -0.2) is 21.6 Å². The molecule has 0 fully saturated rings. The van der Waals surface area contributed by atoms with Crippen LogP contribution in [0.3, 0.4) is 0 Å². The van der Waals surface area contributed by atoms with Gasteiger partial charge in [0.05, 0.1) is 12.1 Å². The van der Waals surface area contributed by atoms with Crippen molar-refractivity contribution >= 4 is 23.0 Å². The third kappa shape index (κ3) is 3.54. The average molecular weight is 319 g/mol. The first-order valence-electron chi connectivity index (χ1n) is 8.22. The van der Waals surface area contributed by atoms with E-state index in [2.05, 4.69) is 35.4 Å². The Balaban J connectivity index is 2.03. The van der Waals surface area contributed by atoms with E-state index in [1.54, 1.807) is 4.68 Å². The zero-order valence-electron chi connectivity index (χ0n) is 14.0. The third-order valence-electron chi connectivity index (χ3n) is 3.72. The standard InChI is InChI=1S/C20H21N3O/c1-3-16(14-17-10-6-5-7-11-17)15-20(24-4-2)23-19-13-9-8-12-18(19)21-22-23/h5-15H,3-4H2,1-2H3/b16-14+,20-15-. The summed E-state index contributed by atoms with van der Waals surface area (Å²) in [5.41, 5.74) is 4.13. The molecule has 122 valence electrons. The van der Waals surface area contributed by atoms with Crippen molar-refractivity contribution in [2.45, 2.75) is 20.3 Å². The molecule has 0 N–H and O–H groups in total. The van der Waals surface area contributed by atoms with Crippen LogP contribution < -0.4 is 0 Å². The highest BCUT2D eigenvalue weighted by atomic mass is 16.5. The van der Waals surface area contributed by atoms with E-state index in [4.69, 9.17) is 4.74 Å². The SMILES string of the molecule is CCO/C(=C\C(=C\c1ccccc1)CC)n1nnc2ccccc21.